The first-order chi connectivity index (χ1) is 19.3. The number of aromatic nitrogens is 4. The normalized spacial score (nSPS) is 23.1. The first kappa shape index (κ1) is 26.3. The maximum absolute atomic E-state index is 15.1. The zero-order valence-electron chi connectivity index (χ0n) is 22.3. The molecule has 1 aliphatic heterocycles. The van der Waals surface area contributed by atoms with Crippen LogP contribution in [-0.4, -0.2) is 50.8 Å². The number of nitrogens with zero attached hydrogens (tertiary/aromatic N) is 4. The summed E-state index contributed by atoms with van der Waals surface area (Å²) in [4.78, 5) is 20.4. The summed E-state index contributed by atoms with van der Waals surface area (Å²) < 4.78 is 36.9. The van der Waals surface area contributed by atoms with Crippen LogP contribution in [0.3, 0.4) is 0 Å². The maximum atomic E-state index is 15.1. The zero-order chi connectivity index (χ0) is 28.0. The molecule has 2 fully saturated rings. The monoisotopic (exact) mass is 547 g/mol. The molecule has 0 bridgehead atoms. The second-order valence-corrected chi connectivity index (χ2v) is 10.9. The highest BCUT2D eigenvalue weighted by Crippen LogP contribution is 2.39. The predicted octanol–water partition coefficient (Wildman–Crippen LogP) is 4.27. The summed E-state index contributed by atoms with van der Waals surface area (Å²) in [5.74, 6) is -0.708. The minimum atomic E-state index is -0.668. The van der Waals surface area contributed by atoms with Gasteiger partial charge in [0, 0.05) is 31.1 Å². The Morgan fingerprint density at radius 3 is 2.55 bits per heavy atom. The molecule has 1 aliphatic carbocycles. The number of halogens is 2. The van der Waals surface area contributed by atoms with E-state index in [0.717, 1.165) is 17.7 Å². The van der Waals surface area contributed by atoms with Crippen LogP contribution in [0.25, 0.3) is 16.8 Å². The molecular weight excluding hydrogens is 516 g/mol. The molecule has 1 aromatic carbocycles. The fourth-order valence-corrected chi connectivity index (χ4v) is 5.92. The number of nitrogens with two attached hydrogens (primary N) is 1. The average molecular weight is 548 g/mol. The number of ether oxygens (including phenoxy) is 1. The van der Waals surface area contributed by atoms with E-state index < -0.39 is 11.6 Å². The first-order valence-corrected chi connectivity index (χ1v) is 13.4. The molecular formula is C29H31F2N7O2. The van der Waals surface area contributed by atoms with Gasteiger partial charge in [-0.2, -0.15) is 9.61 Å². The second kappa shape index (κ2) is 10.5. The number of carbonyl (C=O) groups excluding carboxylic acids is 1. The van der Waals surface area contributed by atoms with Crippen LogP contribution in [0, 0.1) is 17.6 Å². The van der Waals surface area contributed by atoms with Gasteiger partial charge in [-0.1, -0.05) is 6.92 Å². The molecule has 4 aromatic rings. The van der Waals surface area contributed by atoms with Gasteiger partial charge in [-0.3, -0.25) is 9.78 Å². The lowest BCUT2D eigenvalue weighted by molar-refractivity contribution is -0.120. The number of fused-ring (bicyclic) bond motifs is 1. The highest BCUT2D eigenvalue weighted by molar-refractivity contribution is 5.73. The van der Waals surface area contributed by atoms with Crippen molar-refractivity contribution in [2.24, 2.45) is 11.7 Å². The Labute approximate surface area is 230 Å². The molecule has 1 saturated carbocycles. The predicted molar refractivity (Wildman–Crippen MR) is 146 cm³/mol. The standard InChI is InChI=1S/C29H31F2N7O2/c1-15-7-18(10-24(32)28(15)35-16(2)39)21-5-6-33-12-26(21)36-29-34-11-20-3-4-25(37-38(20)29)27-22(30)8-17(9-23(27)31)19-13-40-14-19/h3-6,8-9,11-12,15,18-19,24,28H,7,10,13-14,32H2,1-2H3,(H,34,36)(H,35,39)/t15-,18+,24+,28-/m0/s1. The van der Waals surface area contributed by atoms with Gasteiger partial charge in [-0.15, -0.1) is 0 Å². The van der Waals surface area contributed by atoms with Crippen molar-refractivity contribution in [2.75, 3.05) is 18.5 Å². The lowest BCUT2D eigenvalue weighted by Crippen LogP contribution is -2.54. The molecule has 40 heavy (non-hydrogen) atoms. The average Bonchev–Trinajstić information content (AvgIpc) is 3.27. The van der Waals surface area contributed by atoms with Crippen LogP contribution in [0.1, 0.15) is 49.7 Å². The topological polar surface area (TPSA) is 119 Å². The van der Waals surface area contributed by atoms with Gasteiger partial charge in [-0.05, 0) is 66.1 Å². The molecule has 4 atom stereocenters. The van der Waals surface area contributed by atoms with E-state index in [2.05, 4.69) is 32.6 Å². The third-order valence-electron chi connectivity index (χ3n) is 8.01. The summed E-state index contributed by atoms with van der Waals surface area (Å²) in [5, 5.41) is 10.9. The van der Waals surface area contributed by atoms with E-state index in [9.17, 15) is 4.79 Å². The first-order valence-electron chi connectivity index (χ1n) is 13.4. The number of rotatable bonds is 6. The Morgan fingerprint density at radius 2 is 1.88 bits per heavy atom. The molecule has 208 valence electrons. The highest BCUT2D eigenvalue weighted by atomic mass is 19.1. The van der Waals surface area contributed by atoms with Crippen LogP contribution in [0.4, 0.5) is 20.4 Å². The van der Waals surface area contributed by atoms with Gasteiger partial charge in [0.1, 0.15) is 11.6 Å². The van der Waals surface area contributed by atoms with Gasteiger partial charge in [-0.25, -0.2) is 13.8 Å². The minimum absolute atomic E-state index is 0.00426. The van der Waals surface area contributed by atoms with E-state index in [1.807, 2.05) is 6.07 Å². The molecule has 6 rings (SSSR count). The van der Waals surface area contributed by atoms with Crippen molar-refractivity contribution >= 4 is 23.1 Å². The summed E-state index contributed by atoms with van der Waals surface area (Å²) in [6.45, 7) is 4.53. The molecule has 0 spiro atoms. The van der Waals surface area contributed by atoms with Crippen LogP contribution in [0.5, 0.6) is 0 Å². The third kappa shape index (κ3) is 4.90. The van der Waals surface area contributed by atoms with Crippen molar-refractivity contribution in [3.63, 3.8) is 0 Å². The summed E-state index contributed by atoms with van der Waals surface area (Å²) in [7, 11) is 0. The van der Waals surface area contributed by atoms with Gasteiger partial charge >= 0.3 is 0 Å². The van der Waals surface area contributed by atoms with Gasteiger partial charge in [0.25, 0.3) is 0 Å². The van der Waals surface area contributed by atoms with E-state index in [4.69, 9.17) is 10.5 Å². The van der Waals surface area contributed by atoms with E-state index in [0.29, 0.717) is 36.7 Å². The molecule has 0 unspecified atom stereocenters. The minimum Gasteiger partial charge on any atom is -0.380 e. The summed E-state index contributed by atoms with van der Waals surface area (Å²) in [5.41, 5.74) is 9.48. The lowest BCUT2D eigenvalue weighted by Gasteiger charge is -2.39. The number of hydrogen-bond donors (Lipinski definition) is 3. The van der Waals surface area contributed by atoms with Crippen LogP contribution in [0.2, 0.25) is 0 Å². The maximum Gasteiger partial charge on any atom is 0.229 e. The largest absolute Gasteiger partial charge is 0.380 e. The Hall–Kier alpha value is -3.96. The molecule has 9 nitrogen and oxygen atoms in total. The Balaban J connectivity index is 1.29. The van der Waals surface area contributed by atoms with Crippen LogP contribution < -0.4 is 16.4 Å². The number of nitrogens with one attached hydrogen (secondary N) is 2. The number of amides is 1. The fraction of sp³-hybridized carbons (Fsp3) is 0.379. The van der Waals surface area contributed by atoms with Crippen molar-refractivity contribution in [1.29, 1.82) is 0 Å². The van der Waals surface area contributed by atoms with Crippen LogP contribution >= 0.6 is 0 Å². The zero-order valence-corrected chi connectivity index (χ0v) is 22.3. The van der Waals surface area contributed by atoms with E-state index in [-0.39, 0.29) is 47.0 Å². The number of anilines is 2. The number of benzene rings is 1. The fourth-order valence-electron chi connectivity index (χ4n) is 5.92. The van der Waals surface area contributed by atoms with Gasteiger partial charge in [0.2, 0.25) is 11.9 Å². The molecule has 3 aromatic heterocycles. The van der Waals surface area contributed by atoms with Crippen LogP contribution in [0.15, 0.2) is 48.9 Å². The number of hydrogen-bond acceptors (Lipinski definition) is 7. The lowest BCUT2D eigenvalue weighted by atomic mass is 9.73. The quantitative estimate of drug-likeness (QED) is 0.330. The van der Waals surface area contributed by atoms with Crippen LogP contribution in [-0.2, 0) is 9.53 Å². The van der Waals surface area contributed by atoms with E-state index in [1.54, 1.807) is 30.7 Å². The second-order valence-electron chi connectivity index (χ2n) is 10.9. The smallest absolute Gasteiger partial charge is 0.229 e. The molecule has 0 radical (unpaired) electrons. The number of carbonyl (C=O) groups is 1. The van der Waals surface area contributed by atoms with Gasteiger partial charge in [0.05, 0.1) is 48.1 Å². The number of pyridine rings is 1. The highest BCUT2D eigenvalue weighted by Gasteiger charge is 2.35. The van der Waals surface area contributed by atoms with Crippen molar-refractivity contribution < 1.29 is 18.3 Å². The molecule has 2 aliphatic rings. The van der Waals surface area contributed by atoms with Crippen molar-refractivity contribution in [3.8, 4) is 11.3 Å². The molecule has 11 heteroatoms. The summed E-state index contributed by atoms with van der Waals surface area (Å²) in [6, 6.07) is 7.71. The van der Waals surface area contributed by atoms with Crippen molar-refractivity contribution in [1.82, 2.24) is 24.9 Å². The molecule has 4 N–H and O–H groups in total. The van der Waals surface area contributed by atoms with Gasteiger partial charge < -0.3 is 21.1 Å². The summed E-state index contributed by atoms with van der Waals surface area (Å²) >= 11 is 0. The molecule has 1 amide bonds. The molecule has 1 saturated heterocycles. The Morgan fingerprint density at radius 1 is 1.10 bits per heavy atom. The third-order valence-corrected chi connectivity index (χ3v) is 8.01. The SMILES string of the molecule is CC(=O)N[C@@H]1[C@H](N)C[C@H](c2ccncc2Nc2ncc3ccc(-c4c(F)cc(C5COC5)cc4F)nn23)C[C@@H]1C. The van der Waals surface area contributed by atoms with Crippen molar-refractivity contribution in [2.45, 2.75) is 50.6 Å². The van der Waals surface area contributed by atoms with Crippen molar-refractivity contribution in [3.05, 3.63) is 71.7 Å². The Kier molecular flexibility index (Phi) is 6.93. The number of imidazole rings is 1. The molecule has 4 heterocycles. The summed E-state index contributed by atoms with van der Waals surface area (Å²) in [6.07, 6.45) is 6.63. The Bertz CT molecular complexity index is 1540. The van der Waals surface area contributed by atoms with Gasteiger partial charge in [0.15, 0.2) is 0 Å². The van der Waals surface area contributed by atoms with E-state index in [1.165, 1.54) is 23.6 Å². The van der Waals surface area contributed by atoms with E-state index >= 15 is 8.78 Å².